The fourth-order valence-corrected chi connectivity index (χ4v) is 8.30. The number of urea groups is 1. The smallest absolute Gasteiger partial charge is 0.343 e. The Bertz CT molecular complexity index is 1540. The maximum atomic E-state index is 14.1. The van der Waals surface area contributed by atoms with Gasteiger partial charge in [-0.1, -0.05) is 18.2 Å². The minimum atomic E-state index is -5.03. The van der Waals surface area contributed by atoms with Crippen molar-refractivity contribution in [1.82, 2.24) is 19.6 Å². The Labute approximate surface area is 294 Å². The van der Waals surface area contributed by atoms with Crippen LogP contribution in [0.4, 0.5) is 36.8 Å². The van der Waals surface area contributed by atoms with E-state index in [1.807, 2.05) is 24.3 Å². The summed E-state index contributed by atoms with van der Waals surface area (Å²) in [5, 5.41) is 2.91. The number of hydrogen-bond acceptors (Lipinski definition) is 4. The van der Waals surface area contributed by atoms with Gasteiger partial charge in [0.2, 0.25) is 11.8 Å². The molecule has 4 aliphatic rings. The van der Waals surface area contributed by atoms with Gasteiger partial charge < -0.3 is 24.9 Å². The van der Waals surface area contributed by atoms with Crippen LogP contribution in [0.3, 0.4) is 0 Å². The lowest BCUT2D eigenvalue weighted by Gasteiger charge is -2.41. The van der Waals surface area contributed by atoms with Crippen molar-refractivity contribution >= 4 is 23.5 Å². The van der Waals surface area contributed by atoms with Crippen LogP contribution >= 0.6 is 0 Å². The zero-order chi connectivity index (χ0) is 36.5. The predicted octanol–water partition coefficient (Wildman–Crippen LogP) is 6.89. The van der Waals surface area contributed by atoms with Crippen molar-refractivity contribution in [2.24, 2.45) is 17.8 Å². The first-order valence-electron chi connectivity index (χ1n) is 17.8. The van der Waals surface area contributed by atoms with E-state index in [4.69, 9.17) is 0 Å². The highest BCUT2D eigenvalue weighted by atomic mass is 19.4. The van der Waals surface area contributed by atoms with Crippen molar-refractivity contribution in [3.8, 4) is 0 Å². The first-order chi connectivity index (χ1) is 24.2. The summed E-state index contributed by atoms with van der Waals surface area (Å²) in [6.45, 7) is 3.94. The SMILES string of the molecule is CN1CCC(C2CCN(C(=O)C(CC(=O)N3CCC(N4Cc5ccccc5NC4=O)CC3)Cc3cc(C(F)(F)F)cc(C(F)(F)F)c3)CC2)CC1. The number of halogens is 6. The second kappa shape index (κ2) is 15.0. The van der Waals surface area contributed by atoms with Crippen molar-refractivity contribution in [2.75, 3.05) is 51.6 Å². The first-order valence-corrected chi connectivity index (χ1v) is 17.8. The fraction of sp³-hybridized carbons (Fsp3) is 0.595. The summed E-state index contributed by atoms with van der Waals surface area (Å²) in [6, 6.07) is 8.55. The molecule has 4 aliphatic heterocycles. The van der Waals surface area contributed by atoms with Gasteiger partial charge in [-0.15, -0.1) is 0 Å². The van der Waals surface area contributed by atoms with E-state index in [0.29, 0.717) is 69.5 Å². The van der Waals surface area contributed by atoms with E-state index in [1.165, 1.54) is 0 Å². The van der Waals surface area contributed by atoms with E-state index in [-0.39, 0.29) is 36.0 Å². The van der Waals surface area contributed by atoms with Crippen molar-refractivity contribution in [3.63, 3.8) is 0 Å². The van der Waals surface area contributed by atoms with Gasteiger partial charge in [0.15, 0.2) is 0 Å². The average molecular weight is 722 g/mol. The van der Waals surface area contributed by atoms with Gasteiger partial charge >= 0.3 is 18.4 Å². The van der Waals surface area contributed by atoms with Gasteiger partial charge in [-0.05, 0) is 112 Å². The number of fused-ring (bicyclic) bond motifs is 1. The zero-order valence-electron chi connectivity index (χ0n) is 28.7. The first kappa shape index (κ1) is 37.0. The summed E-state index contributed by atoms with van der Waals surface area (Å²) in [6.07, 6.45) is -6.15. The number of piperidine rings is 3. The molecule has 278 valence electrons. The van der Waals surface area contributed by atoms with Crippen LogP contribution in [0.5, 0.6) is 0 Å². The molecular weight excluding hydrogens is 676 g/mol. The number of nitrogens with one attached hydrogen (secondary N) is 1. The summed E-state index contributed by atoms with van der Waals surface area (Å²) in [5.41, 5.74) is -1.45. The summed E-state index contributed by atoms with van der Waals surface area (Å²) in [5.74, 6) is -0.948. The summed E-state index contributed by atoms with van der Waals surface area (Å²) in [7, 11) is 2.09. The molecule has 0 saturated carbocycles. The maximum Gasteiger partial charge on any atom is 0.416 e. The van der Waals surface area contributed by atoms with Crippen LogP contribution in [-0.4, -0.2) is 89.8 Å². The number of amides is 4. The number of carbonyl (C=O) groups excluding carboxylic acids is 3. The molecule has 0 aliphatic carbocycles. The van der Waals surface area contributed by atoms with Crippen LogP contribution in [0.2, 0.25) is 0 Å². The number of alkyl halides is 6. The number of hydrogen-bond donors (Lipinski definition) is 1. The number of likely N-dealkylation sites (tertiary alicyclic amines) is 3. The third kappa shape index (κ3) is 8.81. The van der Waals surface area contributed by atoms with E-state index < -0.39 is 41.7 Å². The normalized spacial score (nSPS) is 21.0. The number of nitrogens with zero attached hydrogens (tertiary/aromatic N) is 4. The quantitative estimate of drug-likeness (QED) is 0.316. The summed E-state index contributed by atoms with van der Waals surface area (Å²) >= 11 is 0. The molecule has 3 saturated heterocycles. The molecule has 0 bridgehead atoms. The number of anilines is 1. The van der Waals surface area contributed by atoms with Crippen LogP contribution in [0.1, 0.15) is 67.2 Å². The highest BCUT2D eigenvalue weighted by Crippen LogP contribution is 2.38. The van der Waals surface area contributed by atoms with Crippen molar-refractivity contribution in [1.29, 1.82) is 0 Å². The van der Waals surface area contributed by atoms with Gasteiger partial charge in [0.1, 0.15) is 0 Å². The Morgan fingerprint density at radius 2 is 1.33 bits per heavy atom. The largest absolute Gasteiger partial charge is 0.416 e. The van der Waals surface area contributed by atoms with Gasteiger partial charge in [-0.25, -0.2) is 4.79 Å². The Morgan fingerprint density at radius 1 is 0.784 bits per heavy atom. The van der Waals surface area contributed by atoms with E-state index in [0.717, 1.165) is 50.0 Å². The molecule has 6 rings (SSSR count). The standard InChI is InChI=1S/C37H45F6N5O3/c1-45-12-6-25(7-13-45)26-8-14-47(15-9-26)34(50)28(18-24-19-29(36(38,39)40)22-30(20-24)37(41,42)43)21-33(49)46-16-10-31(11-17-46)48-23-27-4-2-3-5-32(27)44-35(48)51/h2-5,19-20,22,25-26,28,31H,6-18,21,23H2,1H3,(H,44,51). The number of benzene rings is 2. The van der Waals surface area contributed by atoms with Gasteiger partial charge in [0.05, 0.1) is 17.0 Å². The van der Waals surface area contributed by atoms with Crippen LogP contribution < -0.4 is 5.32 Å². The van der Waals surface area contributed by atoms with E-state index in [1.54, 1.807) is 14.7 Å². The summed E-state index contributed by atoms with van der Waals surface area (Å²) in [4.78, 5) is 47.9. The molecule has 2 aromatic carbocycles. The highest BCUT2D eigenvalue weighted by molar-refractivity contribution is 5.92. The lowest BCUT2D eigenvalue weighted by molar-refractivity contribution is -0.143. The molecule has 0 aromatic heterocycles. The van der Waals surface area contributed by atoms with Crippen LogP contribution in [0, 0.1) is 17.8 Å². The zero-order valence-corrected chi connectivity index (χ0v) is 28.7. The molecule has 8 nitrogen and oxygen atoms in total. The number of para-hydroxylation sites is 1. The molecule has 1 unspecified atom stereocenters. The highest BCUT2D eigenvalue weighted by Gasteiger charge is 2.39. The van der Waals surface area contributed by atoms with Gasteiger partial charge in [-0.2, -0.15) is 26.3 Å². The molecule has 0 spiro atoms. The molecule has 51 heavy (non-hydrogen) atoms. The fourth-order valence-electron chi connectivity index (χ4n) is 8.30. The molecule has 2 aromatic rings. The summed E-state index contributed by atoms with van der Waals surface area (Å²) < 4.78 is 82.3. The Hall–Kier alpha value is -3.81. The molecule has 1 N–H and O–H groups in total. The van der Waals surface area contributed by atoms with Gasteiger partial charge in [-0.3, -0.25) is 9.59 Å². The van der Waals surface area contributed by atoms with Crippen LogP contribution in [-0.2, 0) is 34.9 Å². The number of carbonyl (C=O) groups is 3. The molecule has 14 heteroatoms. The second-order valence-electron chi connectivity index (χ2n) is 14.6. The molecule has 4 heterocycles. The lowest BCUT2D eigenvalue weighted by atomic mass is 9.78. The predicted molar refractivity (Wildman–Crippen MR) is 178 cm³/mol. The topological polar surface area (TPSA) is 76.2 Å². The maximum absolute atomic E-state index is 14.1. The van der Waals surface area contributed by atoms with Gasteiger partial charge in [0, 0.05) is 50.9 Å². The Morgan fingerprint density at radius 3 is 1.92 bits per heavy atom. The lowest BCUT2D eigenvalue weighted by Crippen LogP contribution is -2.51. The third-order valence-corrected chi connectivity index (χ3v) is 11.3. The van der Waals surface area contributed by atoms with Crippen LogP contribution in [0.25, 0.3) is 0 Å². The van der Waals surface area contributed by atoms with Gasteiger partial charge in [0.25, 0.3) is 0 Å². The monoisotopic (exact) mass is 721 g/mol. The molecule has 4 amide bonds. The van der Waals surface area contributed by atoms with Crippen LogP contribution in [0.15, 0.2) is 42.5 Å². The minimum absolute atomic E-state index is 0.0740. The van der Waals surface area contributed by atoms with E-state index in [2.05, 4.69) is 17.3 Å². The third-order valence-electron chi connectivity index (χ3n) is 11.3. The molecule has 3 fully saturated rings. The Kier molecular flexibility index (Phi) is 10.9. The second-order valence-corrected chi connectivity index (χ2v) is 14.6. The Balaban J connectivity index is 1.15. The number of rotatable bonds is 7. The molecule has 0 radical (unpaired) electrons. The van der Waals surface area contributed by atoms with E-state index in [9.17, 15) is 40.7 Å². The minimum Gasteiger partial charge on any atom is -0.343 e. The van der Waals surface area contributed by atoms with Crippen molar-refractivity contribution in [2.45, 2.75) is 76.3 Å². The molecular formula is C37H45F6N5O3. The van der Waals surface area contributed by atoms with Crippen molar-refractivity contribution < 1.29 is 40.7 Å². The molecule has 1 atom stereocenters. The van der Waals surface area contributed by atoms with Crippen molar-refractivity contribution in [3.05, 3.63) is 64.7 Å². The van der Waals surface area contributed by atoms with E-state index >= 15 is 0 Å². The average Bonchev–Trinajstić information content (AvgIpc) is 3.10.